The number of carbonyl (C=O) groups is 1. The fourth-order valence-electron chi connectivity index (χ4n) is 1.58. The van der Waals surface area contributed by atoms with Gasteiger partial charge in [-0.2, -0.15) is 8.78 Å². The number of hydrogen-bond donors (Lipinski definition) is 2. The average molecular weight is 286 g/mol. The summed E-state index contributed by atoms with van der Waals surface area (Å²) >= 11 is 0. The molecule has 0 fully saturated rings. The monoisotopic (exact) mass is 286 g/mol. The van der Waals surface area contributed by atoms with Gasteiger partial charge in [0.15, 0.2) is 0 Å². The highest BCUT2D eigenvalue weighted by Gasteiger charge is 2.03. The molecule has 0 aliphatic rings. The van der Waals surface area contributed by atoms with E-state index in [0.29, 0.717) is 26.1 Å². The molecular formula is C14H20F2N2O2. The molecule has 1 aromatic rings. The van der Waals surface area contributed by atoms with E-state index in [1.54, 1.807) is 12.1 Å². The zero-order valence-corrected chi connectivity index (χ0v) is 11.5. The van der Waals surface area contributed by atoms with Crippen LogP contribution in [0.25, 0.3) is 0 Å². The molecule has 0 radical (unpaired) electrons. The first kappa shape index (κ1) is 16.4. The molecule has 0 bridgehead atoms. The Labute approximate surface area is 117 Å². The maximum Gasteiger partial charge on any atom is 0.387 e. The first-order valence-electron chi connectivity index (χ1n) is 6.63. The van der Waals surface area contributed by atoms with Gasteiger partial charge in [0.25, 0.3) is 0 Å². The Morgan fingerprint density at radius 1 is 1.25 bits per heavy atom. The lowest BCUT2D eigenvalue weighted by molar-refractivity contribution is -0.121. The van der Waals surface area contributed by atoms with E-state index in [4.69, 9.17) is 0 Å². The number of benzene rings is 1. The van der Waals surface area contributed by atoms with Crippen LogP contribution in [0.4, 0.5) is 8.78 Å². The lowest BCUT2D eigenvalue weighted by atomic mass is 10.2. The molecule has 1 rings (SSSR count). The molecule has 6 heteroatoms. The fraction of sp³-hybridized carbons (Fsp3) is 0.500. The molecule has 20 heavy (non-hydrogen) atoms. The van der Waals surface area contributed by atoms with Crippen LogP contribution in [0, 0.1) is 0 Å². The van der Waals surface area contributed by atoms with E-state index >= 15 is 0 Å². The van der Waals surface area contributed by atoms with E-state index in [-0.39, 0.29) is 11.7 Å². The predicted molar refractivity (Wildman–Crippen MR) is 72.7 cm³/mol. The van der Waals surface area contributed by atoms with Crippen molar-refractivity contribution in [3.05, 3.63) is 29.8 Å². The molecule has 0 saturated heterocycles. The standard InChI is InChI=1S/C14H20F2N2O2/c1-2-8-18-13(19)7-9-17-10-11-3-5-12(6-4-11)20-14(15)16/h3-6,14,17H,2,7-10H2,1H3,(H,18,19). The van der Waals surface area contributed by atoms with Crippen molar-refractivity contribution in [2.45, 2.75) is 32.9 Å². The summed E-state index contributed by atoms with van der Waals surface area (Å²) in [4.78, 5) is 11.3. The molecule has 0 aromatic heterocycles. The summed E-state index contributed by atoms with van der Waals surface area (Å²) in [7, 11) is 0. The number of halogens is 2. The SMILES string of the molecule is CCCNC(=O)CCNCc1ccc(OC(F)F)cc1. The van der Waals surface area contributed by atoms with Gasteiger partial charge in [-0.05, 0) is 24.1 Å². The van der Waals surface area contributed by atoms with E-state index in [2.05, 4.69) is 15.4 Å². The number of ether oxygens (including phenoxy) is 1. The average Bonchev–Trinajstić information content (AvgIpc) is 2.42. The summed E-state index contributed by atoms with van der Waals surface area (Å²) in [5, 5.41) is 5.91. The Kier molecular flexibility index (Phi) is 7.57. The molecule has 0 unspecified atom stereocenters. The van der Waals surface area contributed by atoms with Crippen molar-refractivity contribution in [3.63, 3.8) is 0 Å². The fourth-order valence-corrected chi connectivity index (χ4v) is 1.58. The highest BCUT2D eigenvalue weighted by atomic mass is 19.3. The maximum absolute atomic E-state index is 12.0. The second-order valence-electron chi connectivity index (χ2n) is 4.30. The minimum Gasteiger partial charge on any atom is -0.435 e. The van der Waals surface area contributed by atoms with Gasteiger partial charge in [0.1, 0.15) is 5.75 Å². The third kappa shape index (κ3) is 7.04. The Morgan fingerprint density at radius 2 is 1.95 bits per heavy atom. The molecule has 2 N–H and O–H groups in total. The zero-order chi connectivity index (χ0) is 14.8. The van der Waals surface area contributed by atoms with E-state index in [0.717, 1.165) is 12.0 Å². The van der Waals surface area contributed by atoms with Crippen molar-refractivity contribution >= 4 is 5.91 Å². The summed E-state index contributed by atoms with van der Waals surface area (Å²) < 4.78 is 28.2. The Hall–Kier alpha value is -1.69. The largest absolute Gasteiger partial charge is 0.435 e. The third-order valence-electron chi connectivity index (χ3n) is 2.58. The van der Waals surface area contributed by atoms with Gasteiger partial charge in [0.2, 0.25) is 5.91 Å². The van der Waals surface area contributed by atoms with Gasteiger partial charge in [-0.25, -0.2) is 0 Å². The number of amides is 1. The van der Waals surface area contributed by atoms with E-state index in [1.165, 1.54) is 12.1 Å². The van der Waals surface area contributed by atoms with Crippen LogP contribution < -0.4 is 15.4 Å². The van der Waals surface area contributed by atoms with Crippen molar-refractivity contribution in [3.8, 4) is 5.75 Å². The maximum atomic E-state index is 12.0. The zero-order valence-electron chi connectivity index (χ0n) is 11.5. The minimum absolute atomic E-state index is 0.0278. The second-order valence-corrected chi connectivity index (χ2v) is 4.30. The Balaban J connectivity index is 2.20. The van der Waals surface area contributed by atoms with Gasteiger partial charge in [-0.15, -0.1) is 0 Å². The minimum atomic E-state index is -2.80. The smallest absolute Gasteiger partial charge is 0.387 e. The number of alkyl halides is 2. The molecule has 0 aliphatic heterocycles. The van der Waals surface area contributed by atoms with Crippen molar-refractivity contribution in [2.24, 2.45) is 0 Å². The van der Waals surface area contributed by atoms with Crippen LogP contribution in [-0.2, 0) is 11.3 Å². The summed E-state index contributed by atoms with van der Waals surface area (Å²) in [6, 6.07) is 6.41. The van der Waals surface area contributed by atoms with Crippen molar-refractivity contribution in [1.29, 1.82) is 0 Å². The molecule has 112 valence electrons. The molecular weight excluding hydrogens is 266 g/mol. The topological polar surface area (TPSA) is 50.4 Å². The summed E-state index contributed by atoms with van der Waals surface area (Å²) in [6.45, 7) is 1.05. The van der Waals surface area contributed by atoms with Crippen LogP contribution in [0.5, 0.6) is 5.75 Å². The van der Waals surface area contributed by atoms with Gasteiger partial charge in [-0.3, -0.25) is 4.79 Å². The highest BCUT2D eigenvalue weighted by Crippen LogP contribution is 2.14. The molecule has 0 atom stereocenters. The lowest BCUT2D eigenvalue weighted by Crippen LogP contribution is -2.27. The first-order valence-corrected chi connectivity index (χ1v) is 6.63. The van der Waals surface area contributed by atoms with Crippen LogP contribution in [-0.4, -0.2) is 25.6 Å². The van der Waals surface area contributed by atoms with Crippen LogP contribution in [0.3, 0.4) is 0 Å². The number of rotatable bonds is 9. The number of carbonyl (C=O) groups excluding carboxylic acids is 1. The van der Waals surface area contributed by atoms with Crippen LogP contribution in [0.15, 0.2) is 24.3 Å². The van der Waals surface area contributed by atoms with Crippen LogP contribution >= 0.6 is 0 Å². The van der Waals surface area contributed by atoms with Crippen molar-refractivity contribution < 1.29 is 18.3 Å². The molecule has 4 nitrogen and oxygen atoms in total. The summed E-state index contributed by atoms with van der Waals surface area (Å²) in [6.07, 6.45) is 1.35. The van der Waals surface area contributed by atoms with E-state index < -0.39 is 6.61 Å². The number of hydrogen-bond acceptors (Lipinski definition) is 3. The molecule has 0 saturated carbocycles. The van der Waals surface area contributed by atoms with Gasteiger partial charge in [0.05, 0.1) is 0 Å². The van der Waals surface area contributed by atoms with Crippen molar-refractivity contribution in [1.82, 2.24) is 10.6 Å². The van der Waals surface area contributed by atoms with Gasteiger partial charge in [0, 0.05) is 26.1 Å². The van der Waals surface area contributed by atoms with Crippen LogP contribution in [0.1, 0.15) is 25.3 Å². The molecule has 1 amide bonds. The first-order chi connectivity index (χ1) is 9.61. The van der Waals surface area contributed by atoms with E-state index in [1.807, 2.05) is 6.92 Å². The molecule has 0 spiro atoms. The molecule has 0 aliphatic carbocycles. The predicted octanol–water partition coefficient (Wildman–Crippen LogP) is 2.29. The number of nitrogens with one attached hydrogen (secondary N) is 2. The van der Waals surface area contributed by atoms with Gasteiger partial charge in [-0.1, -0.05) is 19.1 Å². The quantitative estimate of drug-likeness (QED) is 0.685. The summed E-state index contributed by atoms with van der Waals surface area (Å²) in [5.41, 5.74) is 0.945. The summed E-state index contributed by atoms with van der Waals surface area (Å²) in [5.74, 6) is 0.169. The molecule has 1 aromatic carbocycles. The Morgan fingerprint density at radius 3 is 2.55 bits per heavy atom. The normalized spacial score (nSPS) is 10.6. The van der Waals surface area contributed by atoms with Crippen molar-refractivity contribution in [2.75, 3.05) is 13.1 Å². The third-order valence-corrected chi connectivity index (χ3v) is 2.58. The molecule has 0 heterocycles. The Bertz CT molecular complexity index is 397. The highest BCUT2D eigenvalue weighted by molar-refractivity contribution is 5.75. The van der Waals surface area contributed by atoms with Crippen LogP contribution in [0.2, 0.25) is 0 Å². The van der Waals surface area contributed by atoms with E-state index in [9.17, 15) is 13.6 Å². The van der Waals surface area contributed by atoms with Gasteiger partial charge >= 0.3 is 6.61 Å². The lowest BCUT2D eigenvalue weighted by Gasteiger charge is -2.07. The van der Waals surface area contributed by atoms with Gasteiger partial charge < -0.3 is 15.4 Å². The second kappa shape index (κ2) is 9.25.